The van der Waals surface area contributed by atoms with Gasteiger partial charge in [0.05, 0.1) is 6.20 Å². The Bertz CT molecular complexity index is 554. The van der Waals surface area contributed by atoms with Crippen LogP contribution in [0.25, 0.3) is 0 Å². The van der Waals surface area contributed by atoms with Gasteiger partial charge in [0.1, 0.15) is 11.9 Å². The van der Waals surface area contributed by atoms with E-state index < -0.39 is 0 Å². The molecule has 0 fully saturated rings. The smallest absolute Gasteiger partial charge is 0.123 e. The fourth-order valence-corrected chi connectivity index (χ4v) is 2.79. The van der Waals surface area contributed by atoms with Gasteiger partial charge in [0.25, 0.3) is 0 Å². The molecule has 3 rings (SSSR count). The Morgan fingerprint density at radius 2 is 2.30 bits per heavy atom. The number of aryl methyl sites for hydroxylation is 1. The number of aromatic nitrogens is 2. The van der Waals surface area contributed by atoms with Gasteiger partial charge in [-0.2, -0.15) is 5.10 Å². The average Bonchev–Trinajstić information content (AvgIpc) is 3.10. The number of likely N-dealkylation sites (N-methyl/N-ethyl adjacent to an activating group) is 1. The van der Waals surface area contributed by atoms with Crippen molar-refractivity contribution in [2.75, 3.05) is 7.05 Å². The first-order valence-corrected chi connectivity index (χ1v) is 7.23. The zero-order valence-electron chi connectivity index (χ0n) is 12.0. The van der Waals surface area contributed by atoms with Gasteiger partial charge in [0.15, 0.2) is 0 Å². The predicted molar refractivity (Wildman–Crippen MR) is 79.0 cm³/mol. The lowest BCUT2D eigenvalue weighted by Gasteiger charge is -2.22. The summed E-state index contributed by atoms with van der Waals surface area (Å²) in [5.74, 6) is 1.03. The van der Waals surface area contributed by atoms with Crippen LogP contribution in [-0.4, -0.2) is 29.0 Å². The molecule has 1 aliphatic heterocycles. The standard InChI is InChI=1S/C16H21N3O/c1-3-19-11-12(10-18-19)8-14(17-2)16-9-13-6-4-5-7-15(13)20-16/h4-7,10-11,14,16-17H,3,8-9H2,1-2H3. The molecule has 0 saturated carbocycles. The third-order valence-corrected chi connectivity index (χ3v) is 3.96. The Hall–Kier alpha value is -1.81. The minimum absolute atomic E-state index is 0.197. The second kappa shape index (κ2) is 5.67. The first-order chi connectivity index (χ1) is 9.80. The molecule has 0 bridgehead atoms. The van der Waals surface area contributed by atoms with Crippen LogP contribution in [-0.2, 0) is 19.4 Å². The summed E-state index contributed by atoms with van der Waals surface area (Å²) in [6.07, 6.45) is 6.18. The summed E-state index contributed by atoms with van der Waals surface area (Å²) in [5, 5.41) is 7.73. The number of nitrogens with one attached hydrogen (secondary N) is 1. The van der Waals surface area contributed by atoms with E-state index in [-0.39, 0.29) is 6.10 Å². The normalized spacial score (nSPS) is 18.6. The van der Waals surface area contributed by atoms with Crippen LogP contribution < -0.4 is 10.1 Å². The molecule has 0 aliphatic carbocycles. The lowest BCUT2D eigenvalue weighted by Crippen LogP contribution is -2.42. The maximum atomic E-state index is 6.08. The van der Waals surface area contributed by atoms with E-state index in [1.807, 2.05) is 24.0 Å². The summed E-state index contributed by atoms with van der Waals surface area (Å²) >= 11 is 0. The van der Waals surface area contributed by atoms with E-state index in [9.17, 15) is 0 Å². The van der Waals surface area contributed by atoms with Crippen molar-refractivity contribution in [2.45, 2.75) is 38.5 Å². The summed E-state index contributed by atoms with van der Waals surface area (Å²) in [5.41, 5.74) is 2.56. The molecule has 0 amide bonds. The monoisotopic (exact) mass is 271 g/mol. The van der Waals surface area contributed by atoms with E-state index in [0.29, 0.717) is 6.04 Å². The van der Waals surface area contributed by atoms with Gasteiger partial charge in [-0.1, -0.05) is 18.2 Å². The van der Waals surface area contributed by atoms with Gasteiger partial charge in [-0.25, -0.2) is 0 Å². The summed E-state index contributed by atoms with van der Waals surface area (Å²) in [6, 6.07) is 8.61. The highest BCUT2D eigenvalue weighted by Gasteiger charge is 2.29. The highest BCUT2D eigenvalue weighted by atomic mass is 16.5. The molecule has 1 aromatic carbocycles. The van der Waals surface area contributed by atoms with E-state index in [1.165, 1.54) is 11.1 Å². The number of ether oxygens (including phenoxy) is 1. The summed E-state index contributed by atoms with van der Waals surface area (Å²) in [7, 11) is 2.00. The SMILES string of the molecule is CCn1cc(CC(NC)C2Cc3ccccc3O2)cn1. The summed E-state index contributed by atoms with van der Waals surface area (Å²) in [4.78, 5) is 0. The largest absolute Gasteiger partial charge is 0.488 e. The van der Waals surface area contributed by atoms with Crippen LogP contribution in [0.2, 0.25) is 0 Å². The van der Waals surface area contributed by atoms with Crippen molar-refractivity contribution in [2.24, 2.45) is 0 Å². The van der Waals surface area contributed by atoms with Crippen molar-refractivity contribution in [3.05, 3.63) is 47.8 Å². The van der Waals surface area contributed by atoms with E-state index in [2.05, 4.69) is 41.7 Å². The van der Waals surface area contributed by atoms with E-state index in [1.54, 1.807) is 0 Å². The van der Waals surface area contributed by atoms with Crippen molar-refractivity contribution in [3.63, 3.8) is 0 Å². The molecule has 0 radical (unpaired) electrons. The molecule has 1 aromatic heterocycles. The molecule has 0 saturated heterocycles. The number of hydrogen-bond acceptors (Lipinski definition) is 3. The fourth-order valence-electron chi connectivity index (χ4n) is 2.79. The third-order valence-electron chi connectivity index (χ3n) is 3.96. The van der Waals surface area contributed by atoms with E-state index >= 15 is 0 Å². The zero-order chi connectivity index (χ0) is 13.9. The molecule has 4 nitrogen and oxygen atoms in total. The molecule has 4 heteroatoms. The van der Waals surface area contributed by atoms with Crippen LogP contribution in [0.1, 0.15) is 18.1 Å². The molecule has 2 unspecified atom stereocenters. The van der Waals surface area contributed by atoms with Crippen LogP contribution in [0.4, 0.5) is 0 Å². The van der Waals surface area contributed by atoms with E-state index in [4.69, 9.17) is 4.74 Å². The van der Waals surface area contributed by atoms with Crippen LogP contribution in [0.15, 0.2) is 36.7 Å². The average molecular weight is 271 g/mol. The second-order valence-electron chi connectivity index (χ2n) is 5.27. The van der Waals surface area contributed by atoms with Crippen molar-refractivity contribution in [1.29, 1.82) is 0 Å². The van der Waals surface area contributed by atoms with Crippen LogP contribution >= 0.6 is 0 Å². The zero-order valence-corrected chi connectivity index (χ0v) is 12.0. The molecule has 2 atom stereocenters. The Balaban J connectivity index is 1.69. The van der Waals surface area contributed by atoms with Gasteiger partial charge in [0, 0.05) is 25.2 Å². The Morgan fingerprint density at radius 1 is 1.45 bits per heavy atom. The van der Waals surface area contributed by atoms with Crippen molar-refractivity contribution in [3.8, 4) is 5.75 Å². The van der Waals surface area contributed by atoms with Gasteiger partial charge in [0.2, 0.25) is 0 Å². The minimum Gasteiger partial charge on any atom is -0.488 e. The third kappa shape index (κ3) is 2.56. The summed E-state index contributed by atoms with van der Waals surface area (Å²) in [6.45, 7) is 3.01. The lowest BCUT2D eigenvalue weighted by molar-refractivity contribution is 0.182. The van der Waals surface area contributed by atoms with E-state index in [0.717, 1.165) is 25.1 Å². The maximum Gasteiger partial charge on any atom is 0.123 e. The highest BCUT2D eigenvalue weighted by Crippen LogP contribution is 2.30. The predicted octanol–water partition coefficient (Wildman–Crippen LogP) is 2.04. The Kier molecular flexibility index (Phi) is 3.74. The molecule has 1 N–H and O–H groups in total. The molecule has 0 spiro atoms. The molecule has 1 aliphatic rings. The van der Waals surface area contributed by atoms with Crippen LogP contribution in [0, 0.1) is 0 Å². The molecular weight excluding hydrogens is 250 g/mol. The number of hydrogen-bond donors (Lipinski definition) is 1. The lowest BCUT2D eigenvalue weighted by atomic mass is 9.99. The number of benzene rings is 1. The molecule has 2 heterocycles. The highest BCUT2D eigenvalue weighted by molar-refractivity contribution is 5.37. The van der Waals surface area contributed by atoms with Crippen LogP contribution in [0.3, 0.4) is 0 Å². The minimum atomic E-state index is 0.197. The van der Waals surface area contributed by atoms with Crippen molar-refractivity contribution in [1.82, 2.24) is 15.1 Å². The Morgan fingerprint density at radius 3 is 3.00 bits per heavy atom. The van der Waals surface area contributed by atoms with Gasteiger partial charge in [-0.3, -0.25) is 4.68 Å². The van der Waals surface area contributed by atoms with Gasteiger partial charge in [-0.15, -0.1) is 0 Å². The van der Waals surface area contributed by atoms with Crippen molar-refractivity contribution >= 4 is 0 Å². The first-order valence-electron chi connectivity index (χ1n) is 7.23. The summed E-state index contributed by atoms with van der Waals surface area (Å²) < 4.78 is 8.04. The van der Waals surface area contributed by atoms with Gasteiger partial charge >= 0.3 is 0 Å². The quantitative estimate of drug-likeness (QED) is 0.904. The Labute approximate surface area is 119 Å². The topological polar surface area (TPSA) is 39.1 Å². The van der Waals surface area contributed by atoms with Gasteiger partial charge in [-0.05, 0) is 37.6 Å². The fraction of sp³-hybridized carbons (Fsp3) is 0.438. The molecule has 106 valence electrons. The van der Waals surface area contributed by atoms with Crippen molar-refractivity contribution < 1.29 is 4.74 Å². The maximum absolute atomic E-state index is 6.08. The number of fused-ring (bicyclic) bond motifs is 1. The second-order valence-corrected chi connectivity index (χ2v) is 5.27. The number of nitrogens with zero attached hydrogens (tertiary/aromatic N) is 2. The first kappa shape index (κ1) is 13.2. The molecule has 2 aromatic rings. The molecule has 20 heavy (non-hydrogen) atoms. The van der Waals surface area contributed by atoms with Gasteiger partial charge < -0.3 is 10.1 Å². The molecular formula is C16H21N3O. The number of rotatable bonds is 5. The number of para-hydroxylation sites is 1. The van der Waals surface area contributed by atoms with Crippen LogP contribution in [0.5, 0.6) is 5.75 Å².